The van der Waals surface area contributed by atoms with Gasteiger partial charge in [0, 0.05) is 16.2 Å². The van der Waals surface area contributed by atoms with Gasteiger partial charge in [0.1, 0.15) is 0 Å². The van der Waals surface area contributed by atoms with E-state index in [0.717, 1.165) is 0 Å². The van der Waals surface area contributed by atoms with E-state index < -0.39 is 7.14 Å². The predicted octanol–water partition coefficient (Wildman–Crippen LogP) is 3.61. The molecule has 0 N–H and O–H groups in total. The van der Waals surface area contributed by atoms with Gasteiger partial charge in [-0.1, -0.05) is 60.7 Å². The van der Waals surface area contributed by atoms with Crippen LogP contribution < -0.4 is 20.1 Å². The fraction of sp³-hybridized carbons (Fsp3) is 0.0952. The number of carbonyl (C=O) groups excluding carboxylic acids is 1. The average molecular weight is 364 g/mol. The van der Waals surface area contributed by atoms with Crippen LogP contribution in [0.1, 0.15) is 10.4 Å². The highest BCUT2D eigenvalue weighted by atomic mass is 31.2. The highest BCUT2D eigenvalue weighted by Gasteiger charge is 2.31. The zero-order chi connectivity index (χ0) is 18.0. The van der Waals surface area contributed by atoms with E-state index in [-0.39, 0.29) is 18.7 Å². The third kappa shape index (κ3) is 3.04. The molecule has 4 rings (SSSR count). The van der Waals surface area contributed by atoms with Crippen molar-refractivity contribution in [3.63, 3.8) is 0 Å². The van der Waals surface area contributed by atoms with Crippen LogP contribution in [-0.4, -0.2) is 18.7 Å². The van der Waals surface area contributed by atoms with Gasteiger partial charge in [0.25, 0.3) is 0 Å². The molecule has 0 aliphatic carbocycles. The minimum Gasteiger partial charge on any atom is -0.454 e. The van der Waals surface area contributed by atoms with E-state index in [0.29, 0.717) is 27.7 Å². The third-order valence-corrected chi connectivity index (χ3v) is 7.40. The van der Waals surface area contributed by atoms with Gasteiger partial charge in [-0.05, 0) is 18.2 Å². The Morgan fingerprint density at radius 1 is 0.808 bits per heavy atom. The zero-order valence-corrected chi connectivity index (χ0v) is 14.9. The molecule has 0 spiro atoms. The number of ketones is 1. The lowest BCUT2D eigenvalue weighted by molar-refractivity contribution is 0.102. The van der Waals surface area contributed by atoms with Crippen LogP contribution in [0.15, 0.2) is 78.9 Å². The summed E-state index contributed by atoms with van der Waals surface area (Å²) in [5.41, 5.74) is 0.473. The summed E-state index contributed by atoms with van der Waals surface area (Å²) in [6.07, 6.45) is -0.0688. The van der Waals surface area contributed by atoms with Crippen molar-refractivity contribution < 1.29 is 18.8 Å². The van der Waals surface area contributed by atoms with Crippen LogP contribution in [0.4, 0.5) is 0 Å². The molecule has 0 saturated heterocycles. The largest absolute Gasteiger partial charge is 0.454 e. The molecule has 26 heavy (non-hydrogen) atoms. The highest BCUT2D eigenvalue weighted by Crippen LogP contribution is 2.44. The van der Waals surface area contributed by atoms with Crippen molar-refractivity contribution in [2.24, 2.45) is 0 Å². The average Bonchev–Trinajstić information content (AvgIpc) is 3.17. The van der Waals surface area contributed by atoms with Crippen LogP contribution in [-0.2, 0) is 4.57 Å². The second-order valence-electron chi connectivity index (χ2n) is 6.06. The van der Waals surface area contributed by atoms with Gasteiger partial charge in [0.05, 0.1) is 6.16 Å². The third-order valence-electron chi connectivity index (χ3n) is 4.41. The van der Waals surface area contributed by atoms with Gasteiger partial charge >= 0.3 is 0 Å². The van der Waals surface area contributed by atoms with E-state index in [9.17, 15) is 9.36 Å². The van der Waals surface area contributed by atoms with Crippen molar-refractivity contribution in [3.8, 4) is 11.5 Å². The van der Waals surface area contributed by atoms with E-state index in [2.05, 4.69) is 0 Å². The second kappa shape index (κ2) is 6.81. The Kier molecular flexibility index (Phi) is 4.36. The van der Waals surface area contributed by atoms with E-state index >= 15 is 0 Å². The maximum atomic E-state index is 14.0. The molecule has 0 atom stereocenters. The van der Waals surface area contributed by atoms with E-state index in [1.807, 2.05) is 60.7 Å². The minimum atomic E-state index is -3.09. The topological polar surface area (TPSA) is 52.6 Å². The summed E-state index contributed by atoms with van der Waals surface area (Å²) in [4.78, 5) is 12.9. The predicted molar refractivity (Wildman–Crippen MR) is 102 cm³/mol. The van der Waals surface area contributed by atoms with Crippen molar-refractivity contribution in [3.05, 3.63) is 84.4 Å². The lowest BCUT2D eigenvalue weighted by atomic mass is 10.1. The first-order chi connectivity index (χ1) is 12.7. The quantitative estimate of drug-likeness (QED) is 0.513. The van der Waals surface area contributed by atoms with Crippen molar-refractivity contribution in [1.82, 2.24) is 0 Å². The Balaban J connectivity index is 1.72. The molecule has 1 aliphatic rings. The molecule has 130 valence electrons. The number of fused-ring (bicyclic) bond motifs is 1. The smallest absolute Gasteiger partial charge is 0.231 e. The summed E-state index contributed by atoms with van der Waals surface area (Å²) in [6, 6.07) is 23.5. The first-order valence-electron chi connectivity index (χ1n) is 8.30. The van der Waals surface area contributed by atoms with E-state index in [1.165, 1.54) is 0 Å². The van der Waals surface area contributed by atoms with Crippen molar-refractivity contribution >= 4 is 23.5 Å². The number of rotatable bonds is 5. The van der Waals surface area contributed by atoms with Gasteiger partial charge in [-0.25, -0.2) is 0 Å². The summed E-state index contributed by atoms with van der Waals surface area (Å²) in [5, 5.41) is 1.36. The molecule has 0 unspecified atom stereocenters. The molecule has 0 fully saturated rings. The molecule has 4 nitrogen and oxygen atoms in total. The van der Waals surface area contributed by atoms with Gasteiger partial charge < -0.3 is 14.0 Å². The molecule has 0 radical (unpaired) electrons. The van der Waals surface area contributed by atoms with Crippen molar-refractivity contribution in [2.45, 2.75) is 0 Å². The van der Waals surface area contributed by atoms with Crippen molar-refractivity contribution in [1.29, 1.82) is 0 Å². The van der Waals surface area contributed by atoms with Crippen LogP contribution in [0.25, 0.3) is 0 Å². The van der Waals surface area contributed by atoms with Gasteiger partial charge in [-0.3, -0.25) is 4.79 Å². The Labute approximate surface area is 151 Å². The number of benzene rings is 3. The minimum absolute atomic E-state index is 0.0688. The van der Waals surface area contributed by atoms with Gasteiger partial charge in [0.15, 0.2) is 24.4 Å². The highest BCUT2D eigenvalue weighted by molar-refractivity contribution is 7.79. The van der Waals surface area contributed by atoms with Crippen LogP contribution in [0.5, 0.6) is 11.5 Å². The molecular formula is C21H17O4P. The summed E-state index contributed by atoms with van der Waals surface area (Å²) >= 11 is 0. The SMILES string of the molecule is O=C(CP(=O)(c1ccccc1)c1ccccc1)c1ccc2c(c1)OCO2. The summed E-state index contributed by atoms with van der Waals surface area (Å²) < 4.78 is 24.6. The number of carbonyl (C=O) groups is 1. The van der Waals surface area contributed by atoms with Crippen LogP contribution >= 0.6 is 7.14 Å². The Hall–Kier alpha value is -2.84. The molecule has 0 aromatic heterocycles. The lowest BCUT2D eigenvalue weighted by Gasteiger charge is -2.18. The summed E-state index contributed by atoms with van der Waals surface area (Å²) in [5.74, 6) is 0.986. The number of ether oxygens (including phenoxy) is 2. The maximum absolute atomic E-state index is 14.0. The zero-order valence-electron chi connectivity index (χ0n) is 14.0. The first-order valence-corrected chi connectivity index (χ1v) is 10.2. The van der Waals surface area contributed by atoms with Gasteiger partial charge in [-0.15, -0.1) is 0 Å². The molecule has 1 aliphatic heterocycles. The first kappa shape index (κ1) is 16.6. The molecule has 0 bridgehead atoms. The van der Waals surface area contributed by atoms with Gasteiger partial charge in [-0.2, -0.15) is 0 Å². The van der Waals surface area contributed by atoms with E-state index in [1.54, 1.807) is 18.2 Å². The van der Waals surface area contributed by atoms with Crippen LogP contribution in [0.3, 0.4) is 0 Å². The Morgan fingerprint density at radius 2 is 1.38 bits per heavy atom. The molecule has 3 aromatic carbocycles. The number of Topliss-reactive ketones (excluding diaryl/α,β-unsaturated/α-hetero) is 1. The Bertz CT molecular complexity index is 940. The molecule has 1 heterocycles. The number of hydrogen-bond donors (Lipinski definition) is 0. The van der Waals surface area contributed by atoms with Crippen LogP contribution in [0.2, 0.25) is 0 Å². The van der Waals surface area contributed by atoms with Crippen molar-refractivity contribution in [2.75, 3.05) is 13.0 Å². The normalized spacial score (nSPS) is 12.8. The molecule has 3 aromatic rings. The maximum Gasteiger partial charge on any atom is 0.231 e. The fourth-order valence-electron chi connectivity index (χ4n) is 3.03. The molecule has 0 saturated carbocycles. The molecular weight excluding hydrogens is 347 g/mol. The monoisotopic (exact) mass is 364 g/mol. The summed E-state index contributed by atoms with van der Waals surface area (Å²) in [6.45, 7) is 0.152. The lowest BCUT2D eigenvalue weighted by Crippen LogP contribution is -2.22. The van der Waals surface area contributed by atoms with Gasteiger partial charge in [0.2, 0.25) is 6.79 Å². The van der Waals surface area contributed by atoms with Crippen LogP contribution in [0, 0.1) is 0 Å². The molecule has 0 amide bonds. The Morgan fingerprint density at radius 3 is 2.00 bits per heavy atom. The van der Waals surface area contributed by atoms with E-state index in [4.69, 9.17) is 9.47 Å². The fourth-order valence-corrected chi connectivity index (χ4v) is 5.59. The standard InChI is InChI=1S/C21H17O4P/c22-19(16-11-12-20-21(13-16)25-15-24-20)14-26(23,17-7-3-1-4-8-17)18-9-5-2-6-10-18/h1-13H,14-15H2. The number of hydrogen-bond acceptors (Lipinski definition) is 4. The second-order valence-corrected chi connectivity index (χ2v) is 8.89. The molecule has 5 heteroatoms. The summed E-state index contributed by atoms with van der Waals surface area (Å²) in [7, 11) is -3.09.